The maximum absolute atomic E-state index is 6.55. The second kappa shape index (κ2) is 12.3. The van der Waals surface area contributed by atoms with Crippen LogP contribution in [0.15, 0.2) is 187 Å². The lowest BCUT2D eigenvalue weighted by molar-refractivity contribution is 0.669. The molecule has 0 unspecified atom stereocenters. The molecule has 12 rings (SSSR count). The first kappa shape index (κ1) is 31.5. The van der Waals surface area contributed by atoms with Gasteiger partial charge < -0.3 is 13.6 Å². The average Bonchev–Trinajstić information content (AvgIpc) is 3.93. The van der Waals surface area contributed by atoms with Crippen LogP contribution in [-0.4, -0.2) is 29.1 Å². The summed E-state index contributed by atoms with van der Waals surface area (Å²) in [5.41, 5.74) is 11.7. The normalized spacial score (nSPS) is 11.9. The van der Waals surface area contributed by atoms with Gasteiger partial charge in [-0.15, -0.1) is 0 Å². The summed E-state index contributed by atoms with van der Waals surface area (Å²) in [6.45, 7) is 0. The van der Waals surface area contributed by atoms with Crippen LogP contribution in [0.4, 0.5) is 0 Å². The fourth-order valence-corrected chi connectivity index (χ4v) is 8.50. The number of furan rings is 1. The molecule has 5 heterocycles. The Morgan fingerprint density at radius 2 is 1.04 bits per heavy atom. The van der Waals surface area contributed by atoms with Crippen molar-refractivity contribution in [2.45, 2.75) is 0 Å². The van der Waals surface area contributed by atoms with Crippen LogP contribution in [0, 0.1) is 0 Å². The largest absolute Gasteiger partial charge is 0.456 e. The predicted molar refractivity (Wildman–Crippen MR) is 230 cm³/mol. The molecule has 7 aromatic carbocycles. The maximum atomic E-state index is 6.55. The highest BCUT2D eigenvalue weighted by Crippen LogP contribution is 2.41. The second-order valence-electron chi connectivity index (χ2n) is 14.3. The van der Waals surface area contributed by atoms with E-state index in [1.807, 2.05) is 85.1 Å². The molecular formula is C50H30N6O. The van der Waals surface area contributed by atoms with E-state index in [1.165, 1.54) is 10.8 Å². The monoisotopic (exact) mass is 730 g/mol. The Morgan fingerprint density at radius 1 is 0.386 bits per heavy atom. The Kier molecular flexibility index (Phi) is 6.79. The number of nitrogens with zero attached hydrogens (tertiary/aromatic N) is 6. The van der Waals surface area contributed by atoms with Gasteiger partial charge in [0.15, 0.2) is 17.5 Å². The molecule has 0 aliphatic carbocycles. The van der Waals surface area contributed by atoms with Crippen molar-refractivity contribution < 1.29 is 4.42 Å². The van der Waals surface area contributed by atoms with E-state index in [2.05, 4.69) is 106 Å². The molecule has 0 saturated carbocycles. The van der Waals surface area contributed by atoms with Gasteiger partial charge in [0, 0.05) is 61.2 Å². The number of hydrogen-bond donors (Lipinski definition) is 0. The summed E-state index contributed by atoms with van der Waals surface area (Å²) in [6, 6.07) is 60.7. The van der Waals surface area contributed by atoms with Gasteiger partial charge in [-0.25, -0.2) is 15.0 Å². The smallest absolute Gasteiger partial charge is 0.164 e. The van der Waals surface area contributed by atoms with E-state index >= 15 is 0 Å². The highest BCUT2D eigenvalue weighted by Gasteiger charge is 2.22. The summed E-state index contributed by atoms with van der Waals surface area (Å²) in [5, 5.41) is 5.41. The number of benzene rings is 7. The van der Waals surface area contributed by atoms with Gasteiger partial charge in [0.25, 0.3) is 0 Å². The van der Waals surface area contributed by atoms with Crippen molar-refractivity contribution in [2.24, 2.45) is 0 Å². The van der Waals surface area contributed by atoms with E-state index in [-0.39, 0.29) is 0 Å². The van der Waals surface area contributed by atoms with Crippen LogP contribution in [0.1, 0.15) is 0 Å². The van der Waals surface area contributed by atoms with Crippen LogP contribution in [0.5, 0.6) is 0 Å². The number of hydrogen-bond acceptors (Lipinski definition) is 5. The number of aromatic nitrogens is 6. The van der Waals surface area contributed by atoms with Crippen LogP contribution < -0.4 is 0 Å². The first-order valence-electron chi connectivity index (χ1n) is 19.0. The lowest BCUT2D eigenvalue weighted by atomic mass is 10.0. The number of para-hydroxylation sites is 2. The third kappa shape index (κ3) is 4.86. The van der Waals surface area contributed by atoms with Gasteiger partial charge in [-0.05, 0) is 66.7 Å². The van der Waals surface area contributed by atoms with Gasteiger partial charge in [-0.1, -0.05) is 109 Å². The average molecular weight is 731 g/mol. The molecular weight excluding hydrogens is 701 g/mol. The molecule has 0 bridgehead atoms. The van der Waals surface area contributed by atoms with Gasteiger partial charge >= 0.3 is 0 Å². The standard InChI is InChI=1S/C50H30N6O/c1-4-14-31(15-5-1)48-52-49(32-16-6-2-7-17-32)54-50(53-48)36-21-12-24-45-46(36)39-28-34(25-26-44(39)57-45)56-41-23-13-27-51-47(41)38-29-37-35-20-10-11-22-40(35)55(42(37)30-43(38)56)33-18-8-3-9-19-33/h1-30H. The summed E-state index contributed by atoms with van der Waals surface area (Å²) in [7, 11) is 0. The fourth-order valence-electron chi connectivity index (χ4n) is 8.50. The topological polar surface area (TPSA) is 74.6 Å². The molecule has 0 spiro atoms. The van der Waals surface area contributed by atoms with E-state index in [0.717, 1.165) is 83.0 Å². The minimum atomic E-state index is 0.582. The first-order valence-corrected chi connectivity index (χ1v) is 19.0. The first-order chi connectivity index (χ1) is 28.3. The lowest BCUT2D eigenvalue weighted by Crippen LogP contribution is -2.00. The third-order valence-electron chi connectivity index (χ3n) is 11.0. The van der Waals surface area contributed by atoms with Crippen molar-refractivity contribution in [1.82, 2.24) is 29.1 Å². The number of fused-ring (bicyclic) bond motifs is 9. The van der Waals surface area contributed by atoms with Crippen LogP contribution in [-0.2, 0) is 0 Å². The van der Waals surface area contributed by atoms with Gasteiger partial charge in [0.1, 0.15) is 11.2 Å². The molecule has 0 fully saturated rings. The molecule has 7 nitrogen and oxygen atoms in total. The molecule has 7 heteroatoms. The minimum Gasteiger partial charge on any atom is -0.456 e. The predicted octanol–water partition coefficient (Wildman–Crippen LogP) is 12.4. The Balaban J connectivity index is 1.12. The van der Waals surface area contributed by atoms with E-state index in [4.69, 9.17) is 24.4 Å². The van der Waals surface area contributed by atoms with E-state index < -0.39 is 0 Å². The molecule has 0 N–H and O–H groups in total. The minimum absolute atomic E-state index is 0.582. The van der Waals surface area contributed by atoms with E-state index in [0.29, 0.717) is 17.5 Å². The van der Waals surface area contributed by atoms with Crippen LogP contribution in [0.3, 0.4) is 0 Å². The second-order valence-corrected chi connectivity index (χ2v) is 14.3. The molecule has 0 radical (unpaired) electrons. The molecule has 0 amide bonds. The molecule has 0 atom stereocenters. The van der Waals surface area contributed by atoms with Crippen LogP contribution in [0.25, 0.3) is 111 Å². The molecule has 0 aliphatic rings. The Morgan fingerprint density at radius 3 is 1.81 bits per heavy atom. The molecule has 12 aromatic rings. The molecule has 266 valence electrons. The highest BCUT2D eigenvalue weighted by molar-refractivity contribution is 6.19. The lowest BCUT2D eigenvalue weighted by Gasteiger charge is -2.11. The summed E-state index contributed by atoms with van der Waals surface area (Å²) in [5.74, 6) is 1.81. The van der Waals surface area contributed by atoms with Crippen molar-refractivity contribution >= 4 is 65.7 Å². The molecule has 0 saturated heterocycles. The molecule has 5 aromatic heterocycles. The third-order valence-corrected chi connectivity index (χ3v) is 11.0. The van der Waals surface area contributed by atoms with Crippen molar-refractivity contribution in [3.05, 3.63) is 182 Å². The van der Waals surface area contributed by atoms with Gasteiger partial charge in [-0.3, -0.25) is 4.98 Å². The van der Waals surface area contributed by atoms with Crippen LogP contribution in [0.2, 0.25) is 0 Å². The van der Waals surface area contributed by atoms with E-state index in [9.17, 15) is 0 Å². The Labute approximate surface area is 325 Å². The van der Waals surface area contributed by atoms with E-state index in [1.54, 1.807) is 0 Å². The number of rotatable bonds is 5. The zero-order chi connectivity index (χ0) is 37.5. The summed E-state index contributed by atoms with van der Waals surface area (Å²) < 4.78 is 11.2. The van der Waals surface area contributed by atoms with Crippen molar-refractivity contribution in [3.8, 4) is 45.5 Å². The van der Waals surface area contributed by atoms with Gasteiger partial charge in [0.2, 0.25) is 0 Å². The Bertz CT molecular complexity index is 3460. The zero-order valence-electron chi connectivity index (χ0n) is 30.4. The molecule has 57 heavy (non-hydrogen) atoms. The maximum Gasteiger partial charge on any atom is 0.164 e. The number of pyridine rings is 1. The SMILES string of the molecule is c1ccc(-c2nc(-c3ccccc3)nc(-c3cccc4oc5ccc(-n6c7cc8c(cc7c7ncccc76)c6ccccc6n8-c6ccccc6)cc5c34)n2)cc1. The van der Waals surface area contributed by atoms with Crippen molar-refractivity contribution in [1.29, 1.82) is 0 Å². The summed E-state index contributed by atoms with van der Waals surface area (Å²) in [6.07, 6.45) is 1.88. The highest BCUT2D eigenvalue weighted by atomic mass is 16.3. The van der Waals surface area contributed by atoms with Gasteiger partial charge in [0.05, 0.1) is 27.6 Å². The Hall–Kier alpha value is -7.90. The molecule has 0 aliphatic heterocycles. The quantitative estimate of drug-likeness (QED) is 0.176. The summed E-state index contributed by atoms with van der Waals surface area (Å²) in [4.78, 5) is 20.1. The van der Waals surface area contributed by atoms with Crippen molar-refractivity contribution in [2.75, 3.05) is 0 Å². The fraction of sp³-hybridized carbons (Fsp3) is 0. The van der Waals surface area contributed by atoms with Crippen molar-refractivity contribution in [3.63, 3.8) is 0 Å². The zero-order valence-corrected chi connectivity index (χ0v) is 30.4. The van der Waals surface area contributed by atoms with Crippen LogP contribution >= 0.6 is 0 Å². The summed E-state index contributed by atoms with van der Waals surface area (Å²) >= 11 is 0. The van der Waals surface area contributed by atoms with Gasteiger partial charge in [-0.2, -0.15) is 0 Å².